The van der Waals surface area contributed by atoms with E-state index in [0.717, 1.165) is 42.6 Å². The molecule has 158 valence electrons. The van der Waals surface area contributed by atoms with Crippen molar-refractivity contribution in [3.8, 4) is 5.69 Å². The number of amides is 1. The molecule has 0 saturated carbocycles. The van der Waals surface area contributed by atoms with Gasteiger partial charge in [0, 0.05) is 41.0 Å². The number of nitrogens with zero attached hydrogens (tertiary/aromatic N) is 1. The Kier molecular flexibility index (Phi) is 7.80. The zero-order valence-electron chi connectivity index (χ0n) is 17.3. The maximum absolute atomic E-state index is 12.9. The Bertz CT molecular complexity index is 938. The number of halogens is 1. The molecule has 3 rings (SSSR count). The van der Waals surface area contributed by atoms with Crippen LogP contribution in [0.25, 0.3) is 5.69 Å². The summed E-state index contributed by atoms with van der Waals surface area (Å²) < 4.78 is 1.99. The molecule has 30 heavy (non-hydrogen) atoms. The van der Waals surface area contributed by atoms with Crippen molar-refractivity contribution >= 4 is 28.9 Å². The zero-order chi connectivity index (χ0) is 21.3. The predicted molar refractivity (Wildman–Crippen MR) is 125 cm³/mol. The third-order valence-electron chi connectivity index (χ3n) is 4.98. The second-order valence-corrected chi connectivity index (χ2v) is 7.88. The molecule has 2 aromatic carbocycles. The minimum absolute atomic E-state index is 0.0222. The summed E-state index contributed by atoms with van der Waals surface area (Å²) in [5, 5.41) is 7.13. The van der Waals surface area contributed by atoms with Gasteiger partial charge < -0.3 is 20.9 Å². The lowest BCUT2D eigenvalue weighted by Crippen LogP contribution is -2.39. The fourth-order valence-electron chi connectivity index (χ4n) is 3.36. The van der Waals surface area contributed by atoms with Crippen molar-refractivity contribution in [2.24, 2.45) is 0 Å². The minimum atomic E-state index is -0.330. The van der Waals surface area contributed by atoms with E-state index in [9.17, 15) is 4.79 Å². The van der Waals surface area contributed by atoms with Crippen molar-refractivity contribution in [2.75, 3.05) is 11.1 Å². The molecule has 0 fully saturated rings. The number of carbonyl (C=O) groups is 1. The topological polar surface area (TPSA) is 72.1 Å². The number of nitrogen functional groups attached to an aromatic ring is 1. The maximum Gasteiger partial charge on any atom is 0.242 e. The summed E-state index contributed by atoms with van der Waals surface area (Å²) in [6, 6.07) is 16.9. The lowest BCUT2D eigenvalue weighted by atomic mass is 10.1. The molecule has 1 amide bonds. The van der Waals surface area contributed by atoms with Gasteiger partial charge in [-0.3, -0.25) is 4.79 Å². The second-order valence-electron chi connectivity index (χ2n) is 7.44. The standard InChI is InChI=1S/C24H29ClN4O/c1-2-3-4-7-23(24(30)27-17-18-8-10-19(25)11-9-18)28-21-14-20(26)15-22(16-21)29-12-5-6-13-29/h5-6,8-16,23,28H,2-4,7,17,26H2,1H3,(H,27,30). The number of rotatable bonds is 10. The van der Waals surface area contributed by atoms with E-state index in [1.165, 1.54) is 0 Å². The van der Waals surface area contributed by atoms with E-state index in [2.05, 4.69) is 17.6 Å². The summed E-state index contributed by atoms with van der Waals surface area (Å²) in [6.07, 6.45) is 7.87. The quantitative estimate of drug-likeness (QED) is 0.302. The average Bonchev–Trinajstić information content (AvgIpc) is 3.27. The molecule has 0 aliphatic heterocycles. The third kappa shape index (κ3) is 6.29. The summed E-state index contributed by atoms with van der Waals surface area (Å²) in [7, 11) is 0. The van der Waals surface area contributed by atoms with Gasteiger partial charge in [0.2, 0.25) is 5.91 Å². The van der Waals surface area contributed by atoms with Gasteiger partial charge in [-0.2, -0.15) is 0 Å². The van der Waals surface area contributed by atoms with Crippen molar-refractivity contribution in [3.05, 3.63) is 77.6 Å². The summed E-state index contributed by atoms with van der Waals surface area (Å²) in [6.45, 7) is 2.62. The first-order valence-electron chi connectivity index (χ1n) is 10.4. The van der Waals surface area contributed by atoms with E-state index in [1.54, 1.807) is 0 Å². The Hall–Kier alpha value is -2.92. The van der Waals surface area contributed by atoms with Gasteiger partial charge in [-0.05, 0) is 54.4 Å². The van der Waals surface area contributed by atoms with Gasteiger partial charge in [0.25, 0.3) is 0 Å². The Balaban J connectivity index is 1.71. The molecule has 0 aliphatic carbocycles. The van der Waals surface area contributed by atoms with Crippen LogP contribution in [0.3, 0.4) is 0 Å². The van der Waals surface area contributed by atoms with Crippen LogP contribution in [0.4, 0.5) is 11.4 Å². The van der Waals surface area contributed by atoms with E-state index < -0.39 is 0 Å². The smallest absolute Gasteiger partial charge is 0.242 e. The highest BCUT2D eigenvalue weighted by atomic mass is 35.5. The molecule has 6 heteroatoms. The highest BCUT2D eigenvalue weighted by Gasteiger charge is 2.18. The summed E-state index contributed by atoms with van der Waals surface area (Å²) in [5.41, 5.74) is 9.57. The summed E-state index contributed by atoms with van der Waals surface area (Å²) in [5.74, 6) is -0.0222. The highest BCUT2D eigenvalue weighted by molar-refractivity contribution is 6.30. The predicted octanol–water partition coefficient (Wildman–Crippen LogP) is 5.39. The van der Waals surface area contributed by atoms with Crippen LogP contribution in [0.15, 0.2) is 67.0 Å². The Morgan fingerprint density at radius 1 is 1.10 bits per heavy atom. The molecule has 0 spiro atoms. The molecule has 3 aromatic rings. The summed E-state index contributed by atoms with van der Waals surface area (Å²) >= 11 is 5.94. The first-order chi connectivity index (χ1) is 14.5. The fraction of sp³-hybridized carbons (Fsp3) is 0.292. The third-order valence-corrected chi connectivity index (χ3v) is 5.23. The molecule has 4 N–H and O–H groups in total. The number of unbranched alkanes of at least 4 members (excludes halogenated alkanes) is 2. The summed E-state index contributed by atoms with van der Waals surface area (Å²) in [4.78, 5) is 12.9. The molecule has 5 nitrogen and oxygen atoms in total. The van der Waals surface area contributed by atoms with Crippen molar-refractivity contribution in [1.29, 1.82) is 0 Å². The van der Waals surface area contributed by atoms with Gasteiger partial charge in [-0.15, -0.1) is 0 Å². The second kappa shape index (κ2) is 10.7. The normalized spacial score (nSPS) is 11.8. The van der Waals surface area contributed by atoms with Gasteiger partial charge in [0.05, 0.1) is 0 Å². The van der Waals surface area contributed by atoms with Crippen molar-refractivity contribution in [1.82, 2.24) is 9.88 Å². The van der Waals surface area contributed by atoms with Crippen LogP contribution in [-0.2, 0) is 11.3 Å². The first kappa shape index (κ1) is 21.8. The van der Waals surface area contributed by atoms with Gasteiger partial charge in [0.15, 0.2) is 0 Å². The van der Waals surface area contributed by atoms with Crippen LogP contribution >= 0.6 is 11.6 Å². The number of hydrogen-bond donors (Lipinski definition) is 3. The highest BCUT2D eigenvalue weighted by Crippen LogP contribution is 2.22. The molecule has 0 saturated heterocycles. The number of benzene rings is 2. The lowest BCUT2D eigenvalue weighted by molar-refractivity contribution is -0.122. The number of nitrogens with two attached hydrogens (primary N) is 1. The first-order valence-corrected chi connectivity index (χ1v) is 10.8. The Morgan fingerprint density at radius 3 is 2.53 bits per heavy atom. The van der Waals surface area contributed by atoms with E-state index >= 15 is 0 Å². The van der Waals surface area contributed by atoms with Crippen LogP contribution < -0.4 is 16.4 Å². The SMILES string of the molecule is CCCCCC(Nc1cc(N)cc(-n2cccc2)c1)C(=O)NCc1ccc(Cl)cc1. The number of carbonyl (C=O) groups excluding carboxylic acids is 1. The number of anilines is 2. The molecule has 0 aliphatic rings. The van der Waals surface area contributed by atoms with Crippen LogP contribution in [0, 0.1) is 0 Å². The molecule has 0 radical (unpaired) electrons. The van der Waals surface area contributed by atoms with Crippen LogP contribution in [0.5, 0.6) is 0 Å². The molecule has 1 atom stereocenters. The van der Waals surface area contributed by atoms with Crippen LogP contribution in [0.2, 0.25) is 5.02 Å². The van der Waals surface area contributed by atoms with E-state index in [1.807, 2.05) is 71.6 Å². The van der Waals surface area contributed by atoms with Crippen molar-refractivity contribution in [2.45, 2.75) is 45.2 Å². The Labute approximate surface area is 183 Å². The molecule has 1 aromatic heterocycles. The minimum Gasteiger partial charge on any atom is -0.399 e. The molecule has 1 heterocycles. The number of aromatic nitrogens is 1. The monoisotopic (exact) mass is 424 g/mol. The molecular weight excluding hydrogens is 396 g/mol. The zero-order valence-corrected chi connectivity index (χ0v) is 18.0. The Morgan fingerprint density at radius 2 is 1.83 bits per heavy atom. The maximum atomic E-state index is 12.9. The van der Waals surface area contributed by atoms with Crippen molar-refractivity contribution < 1.29 is 4.79 Å². The molecule has 0 bridgehead atoms. The molecule has 1 unspecified atom stereocenters. The van der Waals surface area contributed by atoms with E-state index in [-0.39, 0.29) is 11.9 Å². The number of nitrogens with one attached hydrogen (secondary N) is 2. The van der Waals surface area contributed by atoms with Crippen LogP contribution in [-0.4, -0.2) is 16.5 Å². The van der Waals surface area contributed by atoms with Crippen LogP contribution in [0.1, 0.15) is 38.2 Å². The van der Waals surface area contributed by atoms with Gasteiger partial charge in [0.1, 0.15) is 6.04 Å². The lowest BCUT2D eigenvalue weighted by Gasteiger charge is -2.21. The van der Waals surface area contributed by atoms with Gasteiger partial charge >= 0.3 is 0 Å². The average molecular weight is 425 g/mol. The van der Waals surface area contributed by atoms with Crippen molar-refractivity contribution in [3.63, 3.8) is 0 Å². The van der Waals surface area contributed by atoms with Gasteiger partial charge in [-0.25, -0.2) is 0 Å². The van der Waals surface area contributed by atoms with Gasteiger partial charge in [-0.1, -0.05) is 49.9 Å². The van der Waals surface area contributed by atoms with E-state index in [4.69, 9.17) is 17.3 Å². The van der Waals surface area contributed by atoms with E-state index in [0.29, 0.717) is 17.3 Å². The largest absolute Gasteiger partial charge is 0.399 e. The molecular formula is C24H29ClN4O. The number of hydrogen-bond acceptors (Lipinski definition) is 3. The fourth-order valence-corrected chi connectivity index (χ4v) is 3.48.